The number of nitrogens with zero attached hydrogens (tertiary/aromatic N) is 3. The number of ether oxygens (including phenoxy) is 1. The van der Waals surface area contributed by atoms with E-state index in [1.165, 1.54) is 23.3 Å². The first-order valence-corrected chi connectivity index (χ1v) is 9.87. The highest BCUT2D eigenvalue weighted by atomic mass is 32.1. The van der Waals surface area contributed by atoms with Crippen molar-refractivity contribution >= 4 is 28.2 Å². The van der Waals surface area contributed by atoms with Crippen molar-refractivity contribution in [3.63, 3.8) is 0 Å². The molecule has 0 saturated heterocycles. The van der Waals surface area contributed by atoms with E-state index < -0.39 is 0 Å². The molecule has 0 radical (unpaired) electrons. The fourth-order valence-electron chi connectivity index (χ4n) is 3.49. The SMILES string of the molecule is COC(=O)c1c(NC(=O)CN(C)Cc2cnn(C)c2)sc2c1CCC(C)C2. The zero-order valence-corrected chi connectivity index (χ0v) is 17.1. The lowest BCUT2D eigenvalue weighted by atomic mass is 9.88. The van der Waals surface area contributed by atoms with Crippen LogP contribution in [-0.2, 0) is 36.0 Å². The van der Waals surface area contributed by atoms with Crippen LogP contribution in [0.1, 0.15) is 39.7 Å². The maximum Gasteiger partial charge on any atom is 0.341 e. The van der Waals surface area contributed by atoms with E-state index in [4.69, 9.17) is 4.74 Å². The molecule has 1 amide bonds. The van der Waals surface area contributed by atoms with Gasteiger partial charge in [-0.1, -0.05) is 6.92 Å². The van der Waals surface area contributed by atoms with E-state index in [1.807, 2.05) is 25.2 Å². The van der Waals surface area contributed by atoms with Crippen molar-refractivity contribution < 1.29 is 14.3 Å². The van der Waals surface area contributed by atoms with Crippen molar-refractivity contribution in [1.29, 1.82) is 0 Å². The molecule has 27 heavy (non-hydrogen) atoms. The highest BCUT2D eigenvalue weighted by Gasteiger charge is 2.29. The second-order valence-electron chi connectivity index (χ2n) is 7.29. The molecule has 2 aromatic heterocycles. The summed E-state index contributed by atoms with van der Waals surface area (Å²) in [6, 6.07) is 0. The van der Waals surface area contributed by atoms with Crippen LogP contribution in [-0.4, -0.2) is 47.3 Å². The molecule has 0 spiro atoms. The monoisotopic (exact) mass is 390 g/mol. The van der Waals surface area contributed by atoms with Crippen LogP contribution in [0.15, 0.2) is 12.4 Å². The summed E-state index contributed by atoms with van der Waals surface area (Å²) < 4.78 is 6.71. The zero-order valence-electron chi connectivity index (χ0n) is 16.2. The minimum absolute atomic E-state index is 0.141. The first kappa shape index (κ1) is 19.6. The molecule has 8 heteroatoms. The molecule has 7 nitrogen and oxygen atoms in total. The average molecular weight is 391 g/mol. The summed E-state index contributed by atoms with van der Waals surface area (Å²) in [6.07, 6.45) is 6.57. The smallest absolute Gasteiger partial charge is 0.341 e. The number of aromatic nitrogens is 2. The number of rotatable bonds is 6. The minimum Gasteiger partial charge on any atom is -0.465 e. The highest BCUT2D eigenvalue weighted by Crippen LogP contribution is 2.40. The number of thiophene rings is 1. The van der Waals surface area contributed by atoms with Gasteiger partial charge >= 0.3 is 5.97 Å². The normalized spacial score (nSPS) is 16.3. The van der Waals surface area contributed by atoms with Crippen molar-refractivity contribution in [3.05, 3.63) is 34.0 Å². The number of aryl methyl sites for hydroxylation is 1. The fraction of sp³-hybridized carbons (Fsp3) is 0.526. The standard InChI is InChI=1S/C19H26N4O3S/c1-12-5-6-14-15(7-12)27-18(17(14)19(25)26-4)21-16(24)11-22(2)9-13-8-20-23(3)10-13/h8,10,12H,5-7,9,11H2,1-4H3,(H,21,24). The van der Waals surface area contributed by atoms with Gasteiger partial charge in [0, 0.05) is 30.2 Å². The number of fused-ring (bicyclic) bond motifs is 1. The topological polar surface area (TPSA) is 76.5 Å². The zero-order chi connectivity index (χ0) is 19.6. The summed E-state index contributed by atoms with van der Waals surface area (Å²) >= 11 is 1.51. The Morgan fingerprint density at radius 2 is 2.26 bits per heavy atom. The molecule has 0 fully saturated rings. The minimum atomic E-state index is -0.374. The van der Waals surface area contributed by atoms with E-state index in [9.17, 15) is 9.59 Å². The predicted molar refractivity (Wildman–Crippen MR) is 105 cm³/mol. The number of esters is 1. The molecule has 1 unspecified atom stereocenters. The van der Waals surface area contributed by atoms with Crippen molar-refractivity contribution in [2.24, 2.45) is 13.0 Å². The van der Waals surface area contributed by atoms with Gasteiger partial charge in [0.1, 0.15) is 5.00 Å². The van der Waals surface area contributed by atoms with E-state index in [2.05, 4.69) is 17.3 Å². The van der Waals surface area contributed by atoms with E-state index in [1.54, 1.807) is 10.9 Å². The number of hydrogen-bond donors (Lipinski definition) is 1. The number of carbonyl (C=O) groups excluding carboxylic acids is 2. The van der Waals surface area contributed by atoms with Crippen LogP contribution in [0.3, 0.4) is 0 Å². The number of anilines is 1. The molecule has 1 N–H and O–H groups in total. The first-order valence-electron chi connectivity index (χ1n) is 9.06. The predicted octanol–water partition coefficient (Wildman–Crippen LogP) is 2.46. The number of likely N-dealkylation sites (N-methyl/N-ethyl adjacent to an activating group) is 1. The van der Waals surface area contributed by atoms with Gasteiger partial charge in [0.15, 0.2) is 0 Å². The van der Waals surface area contributed by atoms with Crippen LogP contribution in [0.25, 0.3) is 0 Å². The molecule has 1 atom stereocenters. The van der Waals surface area contributed by atoms with Crippen LogP contribution in [0.2, 0.25) is 0 Å². The van der Waals surface area contributed by atoms with Crippen LogP contribution in [0.4, 0.5) is 5.00 Å². The molecule has 3 rings (SSSR count). The van der Waals surface area contributed by atoms with Gasteiger partial charge in [-0.05, 0) is 37.8 Å². The van der Waals surface area contributed by atoms with Gasteiger partial charge in [0.05, 0.1) is 25.4 Å². The lowest BCUT2D eigenvalue weighted by Crippen LogP contribution is -2.30. The lowest BCUT2D eigenvalue weighted by molar-refractivity contribution is -0.117. The van der Waals surface area contributed by atoms with Crippen molar-refractivity contribution in [1.82, 2.24) is 14.7 Å². The number of amides is 1. The molecule has 146 valence electrons. The Hall–Kier alpha value is -2.19. The molecule has 2 aromatic rings. The summed E-state index contributed by atoms with van der Waals surface area (Å²) in [5.41, 5.74) is 2.63. The summed E-state index contributed by atoms with van der Waals surface area (Å²) in [6.45, 7) is 3.07. The number of carbonyl (C=O) groups is 2. The third kappa shape index (κ3) is 4.56. The molecule has 2 heterocycles. The van der Waals surface area contributed by atoms with E-state index in [-0.39, 0.29) is 18.4 Å². The highest BCUT2D eigenvalue weighted by molar-refractivity contribution is 7.17. The Morgan fingerprint density at radius 1 is 1.48 bits per heavy atom. The van der Waals surface area contributed by atoms with Gasteiger partial charge in [-0.15, -0.1) is 11.3 Å². The van der Waals surface area contributed by atoms with Gasteiger partial charge in [0.2, 0.25) is 5.91 Å². The second kappa shape index (κ2) is 8.22. The molecule has 1 aliphatic carbocycles. The Balaban J connectivity index is 1.70. The number of nitrogens with one attached hydrogen (secondary N) is 1. The maximum atomic E-state index is 12.5. The van der Waals surface area contributed by atoms with Crippen LogP contribution in [0, 0.1) is 5.92 Å². The largest absolute Gasteiger partial charge is 0.465 e. The Bertz CT molecular complexity index is 842. The van der Waals surface area contributed by atoms with Gasteiger partial charge in [-0.25, -0.2) is 4.79 Å². The summed E-state index contributed by atoms with van der Waals surface area (Å²) in [7, 11) is 5.13. The Morgan fingerprint density at radius 3 is 2.93 bits per heavy atom. The molecule has 0 bridgehead atoms. The fourth-order valence-corrected chi connectivity index (χ4v) is 4.90. The molecule has 0 aromatic carbocycles. The third-order valence-electron chi connectivity index (χ3n) is 4.78. The van der Waals surface area contributed by atoms with Gasteiger partial charge < -0.3 is 10.1 Å². The Kier molecular flexibility index (Phi) is 5.96. The molecule has 0 aliphatic heterocycles. The quantitative estimate of drug-likeness (QED) is 0.767. The van der Waals surface area contributed by atoms with Crippen LogP contribution < -0.4 is 5.32 Å². The first-order chi connectivity index (χ1) is 12.9. The van der Waals surface area contributed by atoms with Crippen molar-refractivity contribution in [3.8, 4) is 0 Å². The summed E-state index contributed by atoms with van der Waals surface area (Å²) in [5.74, 6) is 0.0788. The van der Waals surface area contributed by atoms with E-state index >= 15 is 0 Å². The van der Waals surface area contributed by atoms with Crippen LogP contribution >= 0.6 is 11.3 Å². The molecular weight excluding hydrogens is 364 g/mol. The molecular formula is C19H26N4O3S. The second-order valence-corrected chi connectivity index (χ2v) is 8.40. The molecule has 1 aliphatic rings. The van der Waals surface area contributed by atoms with Crippen LogP contribution in [0.5, 0.6) is 0 Å². The average Bonchev–Trinajstić information content (AvgIpc) is 3.16. The van der Waals surface area contributed by atoms with Gasteiger partial charge in [-0.2, -0.15) is 5.10 Å². The summed E-state index contributed by atoms with van der Waals surface area (Å²) in [5, 5.41) is 7.69. The van der Waals surface area contributed by atoms with Gasteiger partial charge in [-0.3, -0.25) is 14.4 Å². The van der Waals surface area contributed by atoms with Gasteiger partial charge in [0.25, 0.3) is 0 Å². The maximum absolute atomic E-state index is 12.5. The number of hydrogen-bond acceptors (Lipinski definition) is 6. The van der Waals surface area contributed by atoms with Crippen molar-refractivity contribution in [2.45, 2.75) is 32.7 Å². The van der Waals surface area contributed by atoms with E-state index in [0.717, 1.165) is 30.4 Å². The van der Waals surface area contributed by atoms with E-state index in [0.29, 0.717) is 23.0 Å². The Labute approximate surface area is 163 Å². The third-order valence-corrected chi connectivity index (χ3v) is 5.95. The van der Waals surface area contributed by atoms with Crippen molar-refractivity contribution in [2.75, 3.05) is 26.0 Å². The number of methoxy groups -OCH3 is 1. The lowest BCUT2D eigenvalue weighted by Gasteiger charge is -2.18. The molecule has 0 saturated carbocycles. The summed E-state index contributed by atoms with van der Waals surface area (Å²) in [4.78, 5) is 28.0.